The van der Waals surface area contributed by atoms with Crippen LogP contribution in [-0.2, 0) is 6.42 Å². The lowest BCUT2D eigenvalue weighted by Crippen LogP contribution is -2.23. The second-order valence-electron chi connectivity index (χ2n) is 5.36. The van der Waals surface area contributed by atoms with E-state index in [1.165, 1.54) is 16.7 Å². The Hall–Kier alpha value is -1.87. The quantitative estimate of drug-likeness (QED) is 0.880. The molecular formula is C18H24N2O. The molecule has 0 saturated heterocycles. The number of aromatic nitrogens is 1. The third kappa shape index (κ3) is 4.05. The number of hydrogen-bond donors (Lipinski definition) is 1. The van der Waals surface area contributed by atoms with Crippen LogP contribution in [0.3, 0.4) is 0 Å². The summed E-state index contributed by atoms with van der Waals surface area (Å²) in [5.74, 6) is 0.953. The van der Waals surface area contributed by atoms with E-state index in [2.05, 4.69) is 48.4 Å². The summed E-state index contributed by atoms with van der Waals surface area (Å²) >= 11 is 0. The maximum Gasteiger partial charge on any atom is 0.122 e. The van der Waals surface area contributed by atoms with E-state index in [4.69, 9.17) is 4.74 Å². The van der Waals surface area contributed by atoms with Gasteiger partial charge in [0.2, 0.25) is 0 Å². The zero-order chi connectivity index (χ0) is 15.2. The monoisotopic (exact) mass is 284 g/mol. The molecule has 0 aliphatic heterocycles. The van der Waals surface area contributed by atoms with Gasteiger partial charge in [0.1, 0.15) is 5.75 Å². The lowest BCUT2D eigenvalue weighted by Gasteiger charge is -2.20. The van der Waals surface area contributed by atoms with Crippen molar-refractivity contribution in [3.63, 3.8) is 0 Å². The molecule has 1 unspecified atom stereocenters. The Bertz CT molecular complexity index is 596. The first-order valence-corrected chi connectivity index (χ1v) is 7.43. The number of methoxy groups -OCH3 is 1. The van der Waals surface area contributed by atoms with Gasteiger partial charge in [0, 0.05) is 17.9 Å². The fourth-order valence-electron chi connectivity index (χ4n) is 2.63. The van der Waals surface area contributed by atoms with E-state index in [-0.39, 0.29) is 6.04 Å². The van der Waals surface area contributed by atoms with E-state index in [1.807, 2.05) is 19.2 Å². The molecule has 0 amide bonds. The summed E-state index contributed by atoms with van der Waals surface area (Å²) in [6, 6.07) is 10.8. The second-order valence-corrected chi connectivity index (χ2v) is 5.36. The molecule has 21 heavy (non-hydrogen) atoms. The Morgan fingerprint density at radius 1 is 1.19 bits per heavy atom. The molecule has 1 aromatic heterocycles. The molecule has 112 valence electrons. The van der Waals surface area contributed by atoms with Gasteiger partial charge in [-0.05, 0) is 56.1 Å². The maximum absolute atomic E-state index is 5.50. The van der Waals surface area contributed by atoms with Crippen LogP contribution in [0.1, 0.15) is 35.3 Å². The Kier molecular flexibility index (Phi) is 5.34. The van der Waals surface area contributed by atoms with E-state index in [1.54, 1.807) is 7.11 Å². The van der Waals surface area contributed by atoms with Crippen LogP contribution in [-0.4, -0.2) is 18.6 Å². The molecule has 0 bridgehead atoms. The second kappa shape index (κ2) is 7.23. The van der Waals surface area contributed by atoms with Crippen LogP contribution in [0.4, 0.5) is 0 Å². The normalized spacial score (nSPS) is 12.2. The summed E-state index contributed by atoms with van der Waals surface area (Å²) in [5, 5.41) is 3.56. The van der Waals surface area contributed by atoms with Gasteiger partial charge in [-0.3, -0.25) is 4.98 Å². The van der Waals surface area contributed by atoms with Crippen molar-refractivity contribution in [3.05, 3.63) is 58.9 Å². The Morgan fingerprint density at radius 3 is 2.67 bits per heavy atom. The van der Waals surface area contributed by atoms with Gasteiger partial charge in [0.25, 0.3) is 0 Å². The van der Waals surface area contributed by atoms with Gasteiger partial charge in [-0.1, -0.05) is 24.6 Å². The van der Waals surface area contributed by atoms with Crippen molar-refractivity contribution < 1.29 is 4.74 Å². The Labute approximate surface area is 127 Å². The molecule has 2 aromatic rings. The summed E-state index contributed by atoms with van der Waals surface area (Å²) < 4.78 is 5.50. The number of aryl methyl sites for hydroxylation is 2. The molecule has 0 radical (unpaired) electrons. The highest BCUT2D eigenvalue weighted by molar-refractivity contribution is 5.38. The van der Waals surface area contributed by atoms with Crippen LogP contribution < -0.4 is 10.1 Å². The fraction of sp³-hybridized carbons (Fsp3) is 0.389. The van der Waals surface area contributed by atoms with Gasteiger partial charge in [0.15, 0.2) is 0 Å². The van der Waals surface area contributed by atoms with Crippen LogP contribution in [0.5, 0.6) is 5.75 Å². The minimum atomic E-state index is 0.271. The molecule has 3 heteroatoms. The molecule has 0 fully saturated rings. The maximum atomic E-state index is 5.50. The topological polar surface area (TPSA) is 34.1 Å². The lowest BCUT2D eigenvalue weighted by molar-refractivity contribution is 0.405. The molecule has 0 saturated carbocycles. The summed E-state index contributed by atoms with van der Waals surface area (Å²) in [6.45, 7) is 7.20. The number of hydrogen-bond acceptors (Lipinski definition) is 3. The van der Waals surface area contributed by atoms with Crippen molar-refractivity contribution in [2.75, 3.05) is 13.7 Å². The highest BCUT2D eigenvalue weighted by atomic mass is 16.5. The van der Waals surface area contributed by atoms with Crippen LogP contribution in [0.2, 0.25) is 0 Å². The molecule has 1 aromatic carbocycles. The van der Waals surface area contributed by atoms with Crippen LogP contribution >= 0.6 is 0 Å². The zero-order valence-corrected chi connectivity index (χ0v) is 13.3. The SMILES string of the molecule is CCNC(Cc1cc(C)ccc1OC)c1ccnc(C)c1. The number of likely N-dealkylation sites (N-methyl/N-ethyl adjacent to an activating group) is 1. The lowest BCUT2D eigenvalue weighted by atomic mass is 9.97. The minimum Gasteiger partial charge on any atom is -0.496 e. The van der Waals surface area contributed by atoms with Crippen molar-refractivity contribution in [3.8, 4) is 5.75 Å². The van der Waals surface area contributed by atoms with E-state index >= 15 is 0 Å². The molecule has 2 rings (SSSR count). The Morgan fingerprint density at radius 2 is 2.00 bits per heavy atom. The number of nitrogens with zero attached hydrogens (tertiary/aromatic N) is 1. The number of benzene rings is 1. The highest BCUT2D eigenvalue weighted by Crippen LogP contribution is 2.26. The van der Waals surface area contributed by atoms with Crippen LogP contribution in [0.25, 0.3) is 0 Å². The van der Waals surface area contributed by atoms with Gasteiger partial charge < -0.3 is 10.1 Å². The molecule has 0 aliphatic rings. The van der Waals surface area contributed by atoms with Crippen molar-refractivity contribution in [2.24, 2.45) is 0 Å². The largest absolute Gasteiger partial charge is 0.496 e. The van der Waals surface area contributed by atoms with Crippen molar-refractivity contribution >= 4 is 0 Å². The van der Waals surface area contributed by atoms with E-state index in [0.29, 0.717) is 0 Å². The van der Waals surface area contributed by atoms with Gasteiger partial charge in [-0.2, -0.15) is 0 Å². The Balaban J connectivity index is 2.30. The zero-order valence-electron chi connectivity index (χ0n) is 13.3. The van der Waals surface area contributed by atoms with E-state index in [0.717, 1.165) is 24.4 Å². The molecular weight excluding hydrogens is 260 g/mol. The minimum absolute atomic E-state index is 0.271. The average Bonchev–Trinajstić information content (AvgIpc) is 2.47. The summed E-state index contributed by atoms with van der Waals surface area (Å²) in [4.78, 5) is 4.28. The number of nitrogens with one attached hydrogen (secondary N) is 1. The summed E-state index contributed by atoms with van der Waals surface area (Å²) in [5.41, 5.74) is 4.81. The predicted octanol–water partition coefficient (Wildman–Crippen LogP) is 3.60. The van der Waals surface area contributed by atoms with Crippen molar-refractivity contribution in [2.45, 2.75) is 33.2 Å². The molecule has 1 atom stereocenters. The fourth-order valence-corrected chi connectivity index (χ4v) is 2.63. The van der Waals surface area contributed by atoms with E-state index in [9.17, 15) is 0 Å². The van der Waals surface area contributed by atoms with Gasteiger partial charge in [-0.15, -0.1) is 0 Å². The highest BCUT2D eigenvalue weighted by Gasteiger charge is 2.14. The average molecular weight is 284 g/mol. The summed E-state index contributed by atoms with van der Waals surface area (Å²) in [6.07, 6.45) is 2.78. The third-order valence-electron chi connectivity index (χ3n) is 3.63. The summed E-state index contributed by atoms with van der Waals surface area (Å²) in [7, 11) is 1.73. The standard InChI is InChI=1S/C18H24N2O/c1-5-19-17(15-8-9-20-14(3)11-15)12-16-10-13(2)6-7-18(16)21-4/h6-11,17,19H,5,12H2,1-4H3. The first kappa shape index (κ1) is 15.5. The van der Waals surface area contributed by atoms with Crippen molar-refractivity contribution in [1.82, 2.24) is 10.3 Å². The third-order valence-corrected chi connectivity index (χ3v) is 3.63. The van der Waals surface area contributed by atoms with Gasteiger partial charge in [-0.25, -0.2) is 0 Å². The predicted molar refractivity (Wildman–Crippen MR) is 86.8 cm³/mol. The smallest absolute Gasteiger partial charge is 0.122 e. The number of rotatable bonds is 6. The first-order chi connectivity index (χ1) is 10.1. The van der Waals surface area contributed by atoms with Crippen LogP contribution in [0, 0.1) is 13.8 Å². The first-order valence-electron chi connectivity index (χ1n) is 7.43. The molecule has 0 aliphatic carbocycles. The van der Waals surface area contributed by atoms with E-state index < -0.39 is 0 Å². The van der Waals surface area contributed by atoms with Gasteiger partial charge in [0.05, 0.1) is 7.11 Å². The number of ether oxygens (including phenoxy) is 1. The van der Waals surface area contributed by atoms with Crippen LogP contribution in [0.15, 0.2) is 36.5 Å². The van der Waals surface area contributed by atoms with Crippen molar-refractivity contribution in [1.29, 1.82) is 0 Å². The molecule has 1 heterocycles. The molecule has 0 spiro atoms. The molecule has 3 nitrogen and oxygen atoms in total. The molecule has 1 N–H and O–H groups in total. The van der Waals surface area contributed by atoms with Gasteiger partial charge >= 0.3 is 0 Å². The number of pyridine rings is 1.